The average molecular weight is 537 g/mol. The van der Waals surface area contributed by atoms with Crippen molar-refractivity contribution in [1.29, 1.82) is 0 Å². The summed E-state index contributed by atoms with van der Waals surface area (Å²) in [6, 6.07) is 10.1. The van der Waals surface area contributed by atoms with Crippen LogP contribution < -0.4 is 25.0 Å². The van der Waals surface area contributed by atoms with E-state index in [1.54, 1.807) is 44.8 Å². The van der Waals surface area contributed by atoms with E-state index in [9.17, 15) is 9.59 Å². The standard InChI is InChI=1S/C26H28N6O5S/c1-35-21-13-18-20(14-22(21)36-2)27-15-28-23(18)31-8-10-32(11-9-31)26(38)29-17-5-3-16(4-6-17)24(33)30-19-7-12-37-25(19)34/h3-6,13-15,19H,7-12H2,1-2H3,(H,29,38)(H,30,33). The van der Waals surface area contributed by atoms with Crippen LogP contribution in [0.5, 0.6) is 11.5 Å². The second-order valence-corrected chi connectivity index (χ2v) is 9.27. The Morgan fingerprint density at radius 3 is 2.42 bits per heavy atom. The molecule has 1 amide bonds. The molecule has 2 N–H and O–H groups in total. The minimum Gasteiger partial charge on any atom is -0.493 e. The largest absolute Gasteiger partial charge is 0.493 e. The van der Waals surface area contributed by atoms with E-state index in [0.717, 1.165) is 35.5 Å². The van der Waals surface area contributed by atoms with Crippen LogP contribution in [-0.2, 0) is 9.53 Å². The van der Waals surface area contributed by atoms with E-state index in [2.05, 4.69) is 30.4 Å². The number of carbonyl (C=O) groups is 2. The maximum Gasteiger partial charge on any atom is 0.328 e. The lowest BCUT2D eigenvalue weighted by Gasteiger charge is -2.37. The number of carbonyl (C=O) groups excluding carboxylic acids is 2. The first-order chi connectivity index (χ1) is 18.5. The summed E-state index contributed by atoms with van der Waals surface area (Å²) in [4.78, 5) is 37.3. The van der Waals surface area contributed by atoms with Crippen LogP contribution >= 0.6 is 12.2 Å². The number of rotatable bonds is 6. The molecule has 1 atom stereocenters. The molecule has 3 heterocycles. The Balaban J connectivity index is 1.18. The van der Waals surface area contributed by atoms with Crippen molar-refractivity contribution < 1.29 is 23.8 Å². The molecule has 2 aliphatic heterocycles. The summed E-state index contributed by atoms with van der Waals surface area (Å²) in [6.45, 7) is 3.21. The van der Waals surface area contributed by atoms with Crippen LogP contribution in [0.3, 0.4) is 0 Å². The van der Waals surface area contributed by atoms with Gasteiger partial charge >= 0.3 is 5.97 Å². The predicted octanol–water partition coefficient (Wildman–Crippen LogP) is 2.21. The van der Waals surface area contributed by atoms with E-state index in [4.69, 9.17) is 26.4 Å². The van der Waals surface area contributed by atoms with Gasteiger partial charge in [-0.3, -0.25) is 4.79 Å². The molecule has 1 aromatic heterocycles. The number of cyclic esters (lactones) is 1. The highest BCUT2D eigenvalue weighted by atomic mass is 32.1. The minimum atomic E-state index is -0.586. The molecule has 0 spiro atoms. The summed E-state index contributed by atoms with van der Waals surface area (Å²) in [6.07, 6.45) is 2.05. The van der Waals surface area contributed by atoms with Gasteiger partial charge in [0.1, 0.15) is 18.2 Å². The van der Waals surface area contributed by atoms with Gasteiger partial charge in [-0.15, -0.1) is 0 Å². The molecule has 0 radical (unpaired) electrons. The highest BCUT2D eigenvalue weighted by molar-refractivity contribution is 7.80. The molecule has 38 heavy (non-hydrogen) atoms. The molecule has 198 valence electrons. The van der Waals surface area contributed by atoms with Crippen molar-refractivity contribution in [2.75, 3.05) is 57.2 Å². The minimum absolute atomic E-state index is 0.313. The first-order valence-electron chi connectivity index (χ1n) is 12.2. The van der Waals surface area contributed by atoms with E-state index in [0.29, 0.717) is 48.3 Å². The third-order valence-electron chi connectivity index (χ3n) is 6.63. The lowest BCUT2D eigenvalue weighted by atomic mass is 10.1. The zero-order valence-electron chi connectivity index (χ0n) is 21.1. The molecule has 12 heteroatoms. The number of nitrogens with one attached hydrogen (secondary N) is 2. The average Bonchev–Trinajstić information content (AvgIpc) is 3.36. The zero-order valence-corrected chi connectivity index (χ0v) is 21.9. The summed E-state index contributed by atoms with van der Waals surface area (Å²) in [5, 5.41) is 7.45. The van der Waals surface area contributed by atoms with E-state index in [1.807, 2.05) is 12.1 Å². The molecule has 2 aliphatic rings. The van der Waals surface area contributed by atoms with Crippen LogP contribution in [0.4, 0.5) is 11.5 Å². The number of piperazine rings is 1. The summed E-state index contributed by atoms with van der Waals surface area (Å²) in [5.74, 6) is 1.39. The number of methoxy groups -OCH3 is 2. The van der Waals surface area contributed by atoms with Crippen LogP contribution in [-0.4, -0.2) is 84.9 Å². The molecule has 0 bridgehead atoms. The van der Waals surface area contributed by atoms with Crippen LogP contribution in [0.15, 0.2) is 42.7 Å². The number of nitrogens with zero attached hydrogens (tertiary/aromatic N) is 4. The number of hydrogen-bond donors (Lipinski definition) is 2. The number of benzene rings is 2. The third-order valence-corrected chi connectivity index (χ3v) is 6.99. The van der Waals surface area contributed by atoms with Gasteiger partial charge in [0.25, 0.3) is 5.91 Å². The Morgan fingerprint density at radius 1 is 1.05 bits per heavy atom. The summed E-state index contributed by atoms with van der Waals surface area (Å²) >= 11 is 5.65. The Kier molecular flexibility index (Phi) is 7.40. The predicted molar refractivity (Wildman–Crippen MR) is 146 cm³/mol. The van der Waals surface area contributed by atoms with Crippen molar-refractivity contribution >= 4 is 51.6 Å². The number of aromatic nitrogens is 2. The second kappa shape index (κ2) is 11.1. The van der Waals surface area contributed by atoms with Gasteiger partial charge in [0, 0.05) is 55.3 Å². The Hall–Kier alpha value is -4.19. The van der Waals surface area contributed by atoms with Gasteiger partial charge in [0.2, 0.25) is 0 Å². The molecular formula is C26H28N6O5S. The Bertz CT molecular complexity index is 1360. The van der Waals surface area contributed by atoms with Gasteiger partial charge in [-0.25, -0.2) is 14.8 Å². The van der Waals surface area contributed by atoms with Gasteiger partial charge in [-0.05, 0) is 42.5 Å². The Labute approximate surface area is 225 Å². The maximum atomic E-state index is 12.4. The molecule has 2 aromatic carbocycles. The van der Waals surface area contributed by atoms with Crippen LogP contribution in [0.25, 0.3) is 10.9 Å². The lowest BCUT2D eigenvalue weighted by Crippen LogP contribution is -2.50. The fourth-order valence-electron chi connectivity index (χ4n) is 4.52. The second-order valence-electron chi connectivity index (χ2n) is 8.89. The molecule has 0 saturated carbocycles. The quantitative estimate of drug-likeness (QED) is 0.357. The van der Waals surface area contributed by atoms with Gasteiger partial charge in [-0.1, -0.05) is 0 Å². The van der Waals surface area contributed by atoms with E-state index < -0.39 is 12.0 Å². The number of anilines is 2. The topological polar surface area (TPSA) is 118 Å². The molecule has 0 aliphatic carbocycles. The number of thiocarbonyl (C=S) groups is 1. The summed E-state index contributed by atoms with van der Waals surface area (Å²) < 4.78 is 15.8. The molecule has 1 unspecified atom stereocenters. The molecule has 3 aromatic rings. The SMILES string of the molecule is COc1cc2ncnc(N3CCN(C(=S)Nc4ccc(C(=O)NC5CCOC5=O)cc4)CC3)c2cc1OC. The van der Waals surface area contributed by atoms with E-state index in [-0.39, 0.29) is 5.91 Å². The first kappa shape index (κ1) is 25.5. The molecule has 2 saturated heterocycles. The van der Waals surface area contributed by atoms with Crippen LogP contribution in [0.2, 0.25) is 0 Å². The van der Waals surface area contributed by atoms with Gasteiger partial charge in [-0.2, -0.15) is 0 Å². The summed E-state index contributed by atoms with van der Waals surface area (Å²) in [5.41, 5.74) is 2.02. The fraction of sp³-hybridized carbons (Fsp3) is 0.346. The first-order valence-corrected chi connectivity index (χ1v) is 12.6. The van der Waals surface area contributed by atoms with Crippen molar-refractivity contribution in [2.24, 2.45) is 0 Å². The number of hydrogen-bond acceptors (Lipinski definition) is 9. The highest BCUT2D eigenvalue weighted by Gasteiger charge is 2.28. The Morgan fingerprint density at radius 2 is 1.76 bits per heavy atom. The number of esters is 1. The van der Waals surface area contributed by atoms with Gasteiger partial charge < -0.3 is 34.6 Å². The summed E-state index contributed by atoms with van der Waals surface area (Å²) in [7, 11) is 3.21. The maximum absolute atomic E-state index is 12.4. The van der Waals surface area contributed by atoms with Crippen molar-refractivity contribution in [3.63, 3.8) is 0 Å². The van der Waals surface area contributed by atoms with Crippen molar-refractivity contribution in [2.45, 2.75) is 12.5 Å². The normalized spacial score (nSPS) is 17.2. The monoisotopic (exact) mass is 536 g/mol. The van der Waals surface area contributed by atoms with Crippen LogP contribution in [0.1, 0.15) is 16.8 Å². The molecular weight excluding hydrogens is 508 g/mol. The molecule has 5 rings (SSSR count). The number of fused-ring (bicyclic) bond motifs is 1. The van der Waals surface area contributed by atoms with Crippen LogP contribution in [0, 0.1) is 0 Å². The van der Waals surface area contributed by atoms with Gasteiger partial charge in [0.05, 0.1) is 26.3 Å². The highest BCUT2D eigenvalue weighted by Crippen LogP contribution is 2.35. The smallest absolute Gasteiger partial charge is 0.328 e. The molecule has 2 fully saturated rings. The number of ether oxygens (including phenoxy) is 3. The third kappa shape index (κ3) is 5.25. The van der Waals surface area contributed by atoms with Crippen molar-refractivity contribution in [1.82, 2.24) is 20.2 Å². The number of amides is 1. The fourth-order valence-corrected chi connectivity index (χ4v) is 4.82. The van der Waals surface area contributed by atoms with Gasteiger partial charge in [0.15, 0.2) is 16.6 Å². The lowest BCUT2D eigenvalue weighted by molar-refractivity contribution is -0.139. The molecule has 11 nitrogen and oxygen atoms in total. The zero-order chi connectivity index (χ0) is 26.6. The van der Waals surface area contributed by atoms with E-state index in [1.165, 1.54) is 0 Å². The van der Waals surface area contributed by atoms with Crippen molar-refractivity contribution in [3.8, 4) is 11.5 Å². The van der Waals surface area contributed by atoms with Crippen molar-refractivity contribution in [3.05, 3.63) is 48.3 Å². The van der Waals surface area contributed by atoms with E-state index >= 15 is 0 Å².